The zero-order valence-electron chi connectivity index (χ0n) is 9.49. The summed E-state index contributed by atoms with van der Waals surface area (Å²) in [6.45, 7) is 1.98. The highest BCUT2D eigenvalue weighted by molar-refractivity contribution is 7.90. The molecule has 0 aromatic heterocycles. The van der Waals surface area contributed by atoms with E-state index in [0.717, 1.165) is 10.4 Å². The standard InChI is InChI=1S/C9H14N2O4S2/c1-3-11(2)17(14,15)9-6-4-5-8(7-9)16(10,12)13/h4-7H,3H2,1-2H3,(H2,10,12,13). The Kier molecular flexibility index (Phi) is 3.92. The van der Waals surface area contributed by atoms with E-state index in [-0.39, 0.29) is 9.79 Å². The molecular weight excluding hydrogens is 264 g/mol. The maximum absolute atomic E-state index is 11.9. The Morgan fingerprint density at radius 3 is 2.18 bits per heavy atom. The van der Waals surface area contributed by atoms with Crippen molar-refractivity contribution < 1.29 is 16.8 Å². The van der Waals surface area contributed by atoms with Crippen molar-refractivity contribution in [2.75, 3.05) is 13.6 Å². The van der Waals surface area contributed by atoms with E-state index in [2.05, 4.69) is 0 Å². The van der Waals surface area contributed by atoms with E-state index in [1.165, 1.54) is 25.2 Å². The zero-order chi connectivity index (χ0) is 13.3. The first kappa shape index (κ1) is 14.1. The van der Waals surface area contributed by atoms with E-state index in [4.69, 9.17) is 5.14 Å². The molecule has 2 N–H and O–H groups in total. The highest BCUT2D eigenvalue weighted by atomic mass is 32.2. The lowest BCUT2D eigenvalue weighted by Crippen LogP contribution is -2.26. The largest absolute Gasteiger partial charge is 0.242 e. The lowest BCUT2D eigenvalue weighted by atomic mass is 10.4. The summed E-state index contributed by atoms with van der Waals surface area (Å²) in [6.07, 6.45) is 0. The van der Waals surface area contributed by atoms with Crippen molar-refractivity contribution >= 4 is 20.0 Å². The van der Waals surface area contributed by atoms with Gasteiger partial charge in [-0.25, -0.2) is 26.3 Å². The Hall–Kier alpha value is -0.960. The minimum Gasteiger partial charge on any atom is -0.225 e. The van der Waals surface area contributed by atoms with Crippen LogP contribution in [0.1, 0.15) is 6.92 Å². The van der Waals surface area contributed by atoms with E-state index in [1.807, 2.05) is 0 Å². The van der Waals surface area contributed by atoms with Crippen molar-refractivity contribution in [3.8, 4) is 0 Å². The second kappa shape index (κ2) is 4.73. The van der Waals surface area contributed by atoms with Gasteiger partial charge in [-0.2, -0.15) is 0 Å². The quantitative estimate of drug-likeness (QED) is 0.836. The van der Waals surface area contributed by atoms with Gasteiger partial charge in [0.05, 0.1) is 9.79 Å². The van der Waals surface area contributed by atoms with Crippen LogP contribution in [-0.4, -0.2) is 34.7 Å². The number of rotatable bonds is 4. The average molecular weight is 278 g/mol. The summed E-state index contributed by atoms with van der Waals surface area (Å²) in [6, 6.07) is 4.98. The van der Waals surface area contributed by atoms with Crippen molar-refractivity contribution in [2.45, 2.75) is 16.7 Å². The molecule has 0 aliphatic heterocycles. The Morgan fingerprint density at radius 1 is 1.18 bits per heavy atom. The van der Waals surface area contributed by atoms with Crippen molar-refractivity contribution in [3.05, 3.63) is 24.3 Å². The molecule has 96 valence electrons. The third kappa shape index (κ3) is 3.03. The van der Waals surface area contributed by atoms with E-state index >= 15 is 0 Å². The first-order valence-corrected chi connectivity index (χ1v) is 7.77. The first-order valence-electron chi connectivity index (χ1n) is 4.79. The second-order valence-electron chi connectivity index (χ2n) is 3.44. The molecule has 0 saturated carbocycles. The molecule has 17 heavy (non-hydrogen) atoms. The lowest BCUT2D eigenvalue weighted by Gasteiger charge is -2.15. The maximum Gasteiger partial charge on any atom is 0.242 e. The topological polar surface area (TPSA) is 97.5 Å². The van der Waals surface area contributed by atoms with Crippen LogP contribution in [0.2, 0.25) is 0 Å². The highest BCUT2D eigenvalue weighted by Crippen LogP contribution is 2.17. The minimum atomic E-state index is -3.90. The molecule has 0 radical (unpaired) electrons. The van der Waals surface area contributed by atoms with Gasteiger partial charge in [0.25, 0.3) is 0 Å². The van der Waals surface area contributed by atoms with Gasteiger partial charge in [-0.15, -0.1) is 0 Å². The molecule has 0 unspecified atom stereocenters. The van der Waals surface area contributed by atoms with Crippen LogP contribution in [0.25, 0.3) is 0 Å². The summed E-state index contributed by atoms with van der Waals surface area (Å²) < 4.78 is 47.2. The van der Waals surface area contributed by atoms with Gasteiger partial charge >= 0.3 is 0 Å². The summed E-state index contributed by atoms with van der Waals surface area (Å²) in [4.78, 5) is -0.309. The predicted molar refractivity (Wildman–Crippen MR) is 63.3 cm³/mol. The molecule has 0 atom stereocenters. The number of hydrogen-bond acceptors (Lipinski definition) is 4. The highest BCUT2D eigenvalue weighted by Gasteiger charge is 2.20. The molecule has 6 nitrogen and oxygen atoms in total. The summed E-state index contributed by atoms with van der Waals surface area (Å²) in [7, 11) is -6.14. The summed E-state index contributed by atoms with van der Waals surface area (Å²) in [5.74, 6) is 0. The molecule has 0 aliphatic carbocycles. The molecule has 0 bridgehead atoms. The molecule has 0 aliphatic rings. The first-order chi connectivity index (χ1) is 7.69. The summed E-state index contributed by atoms with van der Waals surface area (Å²) in [5, 5.41) is 4.94. The van der Waals surface area contributed by atoms with E-state index in [0.29, 0.717) is 6.54 Å². The van der Waals surface area contributed by atoms with Gasteiger partial charge in [-0.05, 0) is 18.2 Å². The summed E-state index contributed by atoms with van der Waals surface area (Å²) >= 11 is 0. The average Bonchev–Trinajstić information content (AvgIpc) is 2.27. The fourth-order valence-corrected chi connectivity index (χ4v) is 3.02. The van der Waals surface area contributed by atoms with E-state index < -0.39 is 20.0 Å². The van der Waals surface area contributed by atoms with Crippen molar-refractivity contribution in [3.63, 3.8) is 0 Å². The summed E-state index contributed by atoms with van der Waals surface area (Å²) in [5.41, 5.74) is 0. The molecule has 1 aromatic carbocycles. The number of primary sulfonamides is 1. The van der Waals surface area contributed by atoms with Crippen LogP contribution in [0.5, 0.6) is 0 Å². The van der Waals surface area contributed by atoms with Gasteiger partial charge in [0.15, 0.2) is 0 Å². The predicted octanol–water partition coefficient (Wildman–Crippen LogP) is -0.0256. The van der Waals surface area contributed by atoms with Crippen LogP contribution < -0.4 is 5.14 Å². The molecule has 1 rings (SSSR count). The van der Waals surface area contributed by atoms with Gasteiger partial charge in [0, 0.05) is 13.6 Å². The van der Waals surface area contributed by atoms with Gasteiger partial charge in [-0.1, -0.05) is 13.0 Å². The number of nitrogens with two attached hydrogens (primary N) is 1. The molecule has 1 aromatic rings. The Bertz CT molecular complexity index is 608. The fourth-order valence-electron chi connectivity index (χ4n) is 1.16. The van der Waals surface area contributed by atoms with Gasteiger partial charge < -0.3 is 0 Å². The van der Waals surface area contributed by atoms with Crippen LogP contribution >= 0.6 is 0 Å². The fraction of sp³-hybridized carbons (Fsp3) is 0.333. The van der Waals surface area contributed by atoms with Crippen molar-refractivity contribution in [2.24, 2.45) is 5.14 Å². The van der Waals surface area contributed by atoms with Crippen LogP contribution in [0.15, 0.2) is 34.1 Å². The molecule has 0 amide bonds. The number of hydrogen-bond donors (Lipinski definition) is 1. The van der Waals surface area contributed by atoms with Crippen molar-refractivity contribution in [1.82, 2.24) is 4.31 Å². The van der Waals surface area contributed by atoms with E-state index in [9.17, 15) is 16.8 Å². The second-order valence-corrected chi connectivity index (χ2v) is 7.05. The molecule has 0 fully saturated rings. The Labute approximate surface area is 101 Å². The van der Waals surface area contributed by atoms with Gasteiger partial charge in [0.2, 0.25) is 20.0 Å². The lowest BCUT2D eigenvalue weighted by molar-refractivity contribution is 0.486. The third-order valence-corrected chi connectivity index (χ3v) is 5.13. The molecule has 0 spiro atoms. The molecular formula is C9H14N2O4S2. The monoisotopic (exact) mass is 278 g/mol. The smallest absolute Gasteiger partial charge is 0.225 e. The maximum atomic E-state index is 11.9. The zero-order valence-corrected chi connectivity index (χ0v) is 11.1. The van der Waals surface area contributed by atoms with Crippen LogP contribution in [0, 0.1) is 0 Å². The number of benzene rings is 1. The molecule has 8 heteroatoms. The Balaban J connectivity index is 3.36. The van der Waals surface area contributed by atoms with Gasteiger partial charge in [0.1, 0.15) is 0 Å². The number of sulfonamides is 2. The normalized spacial score (nSPS) is 12.9. The minimum absolute atomic E-state index is 0.0895. The molecule has 0 heterocycles. The van der Waals surface area contributed by atoms with Crippen LogP contribution in [0.3, 0.4) is 0 Å². The van der Waals surface area contributed by atoms with Gasteiger partial charge in [-0.3, -0.25) is 0 Å². The third-order valence-electron chi connectivity index (χ3n) is 2.29. The van der Waals surface area contributed by atoms with Crippen LogP contribution in [0.4, 0.5) is 0 Å². The molecule has 0 saturated heterocycles. The number of nitrogens with zero attached hydrogens (tertiary/aromatic N) is 1. The SMILES string of the molecule is CCN(C)S(=O)(=O)c1cccc(S(N)(=O)=O)c1. The van der Waals surface area contributed by atoms with Crippen LogP contribution in [-0.2, 0) is 20.0 Å². The van der Waals surface area contributed by atoms with E-state index in [1.54, 1.807) is 6.92 Å². The van der Waals surface area contributed by atoms with Crippen molar-refractivity contribution in [1.29, 1.82) is 0 Å². The Morgan fingerprint density at radius 2 is 1.71 bits per heavy atom.